The summed E-state index contributed by atoms with van der Waals surface area (Å²) in [7, 11) is 1.62. The number of ether oxygens (including phenoxy) is 1. The van der Waals surface area contributed by atoms with Gasteiger partial charge in [0.25, 0.3) is 5.91 Å². The fourth-order valence-electron chi connectivity index (χ4n) is 4.24. The number of carbonyl (C=O) groups is 2. The predicted molar refractivity (Wildman–Crippen MR) is 156 cm³/mol. The zero-order valence-electron chi connectivity index (χ0n) is 23.2. The van der Waals surface area contributed by atoms with Gasteiger partial charge in [0.15, 0.2) is 0 Å². The zero-order valence-corrected chi connectivity index (χ0v) is 23.2. The van der Waals surface area contributed by atoms with E-state index in [1.807, 2.05) is 60.8 Å². The summed E-state index contributed by atoms with van der Waals surface area (Å²) in [5.41, 5.74) is 5.75. The Bertz CT molecular complexity index is 1170. The van der Waals surface area contributed by atoms with Crippen LogP contribution in [0.5, 0.6) is 5.75 Å². The summed E-state index contributed by atoms with van der Waals surface area (Å²) in [4.78, 5) is 24.3. The molecule has 0 unspecified atom stereocenters. The lowest BCUT2D eigenvalue weighted by Crippen LogP contribution is -2.34. The van der Waals surface area contributed by atoms with E-state index in [2.05, 4.69) is 22.8 Å². The standard InChI is InChI=1S/C31H41N5O3/c1-3-4-5-6-7-8-9-10-14-17-29(37)32-23-30(38)34-33-22-26-24-36(27-15-12-11-13-16-27)35-31(26)25-18-20-28(39-2)21-19-25/h11-13,15-16,18-22,24H,3-10,14,17,23H2,1-2H3,(H,32,37)(H,34,38)/b33-22-. The molecule has 0 aliphatic rings. The van der Waals surface area contributed by atoms with Crippen molar-refractivity contribution in [3.63, 3.8) is 0 Å². The zero-order chi connectivity index (χ0) is 27.7. The van der Waals surface area contributed by atoms with E-state index in [1.54, 1.807) is 18.0 Å². The third kappa shape index (κ3) is 10.4. The van der Waals surface area contributed by atoms with Crippen LogP contribution in [0.4, 0.5) is 0 Å². The number of nitrogens with one attached hydrogen (secondary N) is 2. The molecule has 39 heavy (non-hydrogen) atoms. The summed E-state index contributed by atoms with van der Waals surface area (Å²) in [6.45, 7) is 2.12. The number of unbranched alkanes of at least 4 members (excludes halogenated alkanes) is 8. The molecule has 8 heteroatoms. The molecule has 0 aliphatic heterocycles. The molecule has 2 aromatic carbocycles. The van der Waals surface area contributed by atoms with E-state index in [-0.39, 0.29) is 18.4 Å². The van der Waals surface area contributed by atoms with Crippen LogP contribution in [-0.4, -0.2) is 41.5 Å². The van der Waals surface area contributed by atoms with Gasteiger partial charge in [0.2, 0.25) is 5.91 Å². The molecule has 1 heterocycles. The Kier molecular flexibility index (Phi) is 12.8. The van der Waals surface area contributed by atoms with Crippen molar-refractivity contribution >= 4 is 18.0 Å². The SMILES string of the molecule is CCCCCCCCCCCC(=O)NCC(=O)N/N=C\c1cn(-c2ccccc2)nc1-c1ccc(OC)cc1. The molecule has 3 aromatic rings. The predicted octanol–water partition coefficient (Wildman–Crippen LogP) is 6.04. The number of carbonyl (C=O) groups excluding carboxylic acids is 2. The Hall–Kier alpha value is -3.94. The van der Waals surface area contributed by atoms with E-state index in [0.29, 0.717) is 12.1 Å². The first kappa shape index (κ1) is 29.6. The van der Waals surface area contributed by atoms with Crippen LogP contribution in [-0.2, 0) is 9.59 Å². The lowest BCUT2D eigenvalue weighted by Gasteiger charge is -2.05. The van der Waals surface area contributed by atoms with E-state index in [0.717, 1.165) is 41.8 Å². The van der Waals surface area contributed by atoms with Crippen molar-refractivity contribution in [1.29, 1.82) is 0 Å². The Morgan fingerprint density at radius 2 is 1.56 bits per heavy atom. The Morgan fingerprint density at radius 3 is 2.23 bits per heavy atom. The summed E-state index contributed by atoms with van der Waals surface area (Å²) in [6.07, 6.45) is 14.7. The number of rotatable bonds is 17. The molecule has 2 amide bonds. The minimum absolute atomic E-state index is 0.108. The third-order valence-corrected chi connectivity index (χ3v) is 6.47. The number of para-hydroxylation sites is 1. The minimum atomic E-state index is -0.381. The fraction of sp³-hybridized carbons (Fsp3) is 0.419. The summed E-state index contributed by atoms with van der Waals surface area (Å²) in [5.74, 6) is 0.264. The van der Waals surface area contributed by atoms with Crippen molar-refractivity contribution in [1.82, 2.24) is 20.5 Å². The second kappa shape index (κ2) is 16.8. The van der Waals surface area contributed by atoms with Crippen molar-refractivity contribution in [2.75, 3.05) is 13.7 Å². The van der Waals surface area contributed by atoms with Gasteiger partial charge in [-0.2, -0.15) is 10.2 Å². The molecule has 0 saturated heterocycles. The highest BCUT2D eigenvalue weighted by atomic mass is 16.5. The van der Waals surface area contributed by atoms with Crippen LogP contribution in [0.15, 0.2) is 65.9 Å². The van der Waals surface area contributed by atoms with E-state index in [9.17, 15) is 9.59 Å². The topological polar surface area (TPSA) is 97.6 Å². The molecule has 1 aromatic heterocycles. The van der Waals surface area contributed by atoms with E-state index in [1.165, 1.54) is 38.5 Å². The van der Waals surface area contributed by atoms with Gasteiger partial charge in [-0.05, 0) is 42.8 Å². The lowest BCUT2D eigenvalue weighted by molar-refractivity contribution is -0.126. The minimum Gasteiger partial charge on any atom is -0.497 e. The first-order valence-electron chi connectivity index (χ1n) is 14.0. The highest BCUT2D eigenvalue weighted by Crippen LogP contribution is 2.25. The maximum Gasteiger partial charge on any atom is 0.259 e. The quantitative estimate of drug-likeness (QED) is 0.126. The number of hydrogen-bond acceptors (Lipinski definition) is 5. The molecule has 0 fully saturated rings. The van der Waals surface area contributed by atoms with Gasteiger partial charge in [0.05, 0.1) is 25.6 Å². The van der Waals surface area contributed by atoms with Crippen LogP contribution in [0.2, 0.25) is 0 Å². The number of methoxy groups -OCH3 is 1. The summed E-state index contributed by atoms with van der Waals surface area (Å²) in [5, 5.41) is 11.5. The lowest BCUT2D eigenvalue weighted by atomic mass is 10.1. The second-order valence-electron chi connectivity index (χ2n) is 9.59. The highest BCUT2D eigenvalue weighted by molar-refractivity contribution is 5.90. The fourth-order valence-corrected chi connectivity index (χ4v) is 4.24. The van der Waals surface area contributed by atoms with E-state index >= 15 is 0 Å². The van der Waals surface area contributed by atoms with Crippen LogP contribution in [0, 0.1) is 0 Å². The van der Waals surface area contributed by atoms with Crippen LogP contribution in [0.1, 0.15) is 76.7 Å². The summed E-state index contributed by atoms with van der Waals surface area (Å²) >= 11 is 0. The number of hydrazone groups is 1. The average Bonchev–Trinajstić information content (AvgIpc) is 3.40. The summed E-state index contributed by atoms with van der Waals surface area (Å²) in [6, 6.07) is 17.4. The molecule has 208 valence electrons. The molecule has 0 saturated carbocycles. The molecular formula is C31H41N5O3. The molecule has 0 atom stereocenters. The van der Waals surface area contributed by atoms with Crippen molar-refractivity contribution in [2.24, 2.45) is 5.10 Å². The highest BCUT2D eigenvalue weighted by Gasteiger charge is 2.12. The largest absolute Gasteiger partial charge is 0.497 e. The monoisotopic (exact) mass is 531 g/mol. The molecule has 0 spiro atoms. The van der Waals surface area contributed by atoms with Crippen LogP contribution < -0.4 is 15.5 Å². The normalized spacial score (nSPS) is 11.0. The number of benzene rings is 2. The molecular weight excluding hydrogens is 490 g/mol. The molecule has 2 N–H and O–H groups in total. The number of nitrogens with zero attached hydrogens (tertiary/aromatic N) is 3. The smallest absolute Gasteiger partial charge is 0.259 e. The Morgan fingerprint density at radius 1 is 0.897 bits per heavy atom. The average molecular weight is 532 g/mol. The second-order valence-corrected chi connectivity index (χ2v) is 9.59. The van der Waals surface area contributed by atoms with E-state index in [4.69, 9.17) is 9.84 Å². The Labute approximate surface area is 231 Å². The van der Waals surface area contributed by atoms with E-state index < -0.39 is 0 Å². The van der Waals surface area contributed by atoms with Crippen molar-refractivity contribution in [3.8, 4) is 22.7 Å². The first-order chi connectivity index (χ1) is 19.1. The Balaban J connectivity index is 1.46. The maximum atomic E-state index is 12.2. The van der Waals surface area contributed by atoms with Gasteiger partial charge in [-0.15, -0.1) is 0 Å². The van der Waals surface area contributed by atoms with Crippen LogP contribution in [0.25, 0.3) is 16.9 Å². The van der Waals surface area contributed by atoms with Gasteiger partial charge in [-0.25, -0.2) is 10.1 Å². The van der Waals surface area contributed by atoms with Crippen LogP contribution >= 0.6 is 0 Å². The maximum absolute atomic E-state index is 12.2. The molecule has 8 nitrogen and oxygen atoms in total. The first-order valence-corrected chi connectivity index (χ1v) is 14.0. The van der Waals surface area contributed by atoms with Gasteiger partial charge in [-0.3, -0.25) is 9.59 Å². The van der Waals surface area contributed by atoms with Crippen LogP contribution in [0.3, 0.4) is 0 Å². The summed E-state index contributed by atoms with van der Waals surface area (Å²) < 4.78 is 7.04. The van der Waals surface area contributed by atoms with Gasteiger partial charge >= 0.3 is 0 Å². The van der Waals surface area contributed by atoms with Crippen molar-refractivity contribution < 1.29 is 14.3 Å². The van der Waals surface area contributed by atoms with Crippen molar-refractivity contribution in [3.05, 3.63) is 66.4 Å². The van der Waals surface area contributed by atoms with Gasteiger partial charge in [0.1, 0.15) is 11.4 Å². The molecule has 0 radical (unpaired) electrons. The van der Waals surface area contributed by atoms with Gasteiger partial charge in [-0.1, -0.05) is 76.5 Å². The van der Waals surface area contributed by atoms with Gasteiger partial charge < -0.3 is 10.1 Å². The third-order valence-electron chi connectivity index (χ3n) is 6.47. The molecule has 0 bridgehead atoms. The van der Waals surface area contributed by atoms with Gasteiger partial charge in [0, 0.05) is 23.7 Å². The number of hydrogen-bond donors (Lipinski definition) is 2. The van der Waals surface area contributed by atoms with Crippen molar-refractivity contribution in [2.45, 2.75) is 71.1 Å². The molecule has 3 rings (SSSR count). The number of amides is 2. The number of aromatic nitrogens is 2. The molecule has 0 aliphatic carbocycles.